The Morgan fingerprint density at radius 1 is 1.05 bits per heavy atom. The van der Waals surface area contributed by atoms with E-state index in [1.165, 1.54) is 31.5 Å². The van der Waals surface area contributed by atoms with Crippen molar-refractivity contribution in [1.29, 1.82) is 0 Å². The predicted octanol–water partition coefficient (Wildman–Crippen LogP) is 2.83. The molecular formula is C16H23NO2. The van der Waals surface area contributed by atoms with Gasteiger partial charge in [-0.3, -0.25) is 4.90 Å². The SMILES string of the molecule is CC1(C(c2ccccc2)N2CCCC2)COCOC1. The first kappa shape index (κ1) is 13.1. The van der Waals surface area contributed by atoms with Crippen LogP contribution in [0, 0.1) is 5.41 Å². The van der Waals surface area contributed by atoms with Crippen LogP contribution in [0.1, 0.15) is 31.4 Å². The van der Waals surface area contributed by atoms with Crippen molar-refractivity contribution in [3.8, 4) is 0 Å². The number of nitrogens with zero attached hydrogens (tertiary/aromatic N) is 1. The van der Waals surface area contributed by atoms with Gasteiger partial charge in [0.1, 0.15) is 6.79 Å². The summed E-state index contributed by atoms with van der Waals surface area (Å²) in [6.45, 7) is 6.68. The van der Waals surface area contributed by atoms with Crippen molar-refractivity contribution in [2.24, 2.45) is 5.41 Å². The largest absolute Gasteiger partial charge is 0.355 e. The average Bonchev–Trinajstić information content (AvgIpc) is 2.94. The van der Waals surface area contributed by atoms with E-state index in [-0.39, 0.29) is 5.41 Å². The molecule has 0 amide bonds. The highest BCUT2D eigenvalue weighted by Crippen LogP contribution is 2.42. The van der Waals surface area contributed by atoms with Crippen LogP contribution in [-0.2, 0) is 9.47 Å². The van der Waals surface area contributed by atoms with Crippen LogP contribution in [-0.4, -0.2) is 38.0 Å². The molecule has 0 spiro atoms. The molecule has 2 heterocycles. The highest BCUT2D eigenvalue weighted by Gasteiger charge is 2.42. The maximum Gasteiger partial charge on any atom is 0.146 e. The first-order valence-electron chi connectivity index (χ1n) is 7.24. The summed E-state index contributed by atoms with van der Waals surface area (Å²) in [5.41, 5.74) is 1.44. The van der Waals surface area contributed by atoms with Crippen molar-refractivity contribution in [2.45, 2.75) is 25.8 Å². The third-order valence-electron chi connectivity index (χ3n) is 4.31. The molecule has 19 heavy (non-hydrogen) atoms. The van der Waals surface area contributed by atoms with Gasteiger partial charge in [0.15, 0.2) is 0 Å². The summed E-state index contributed by atoms with van der Waals surface area (Å²) in [5, 5.41) is 0. The molecule has 0 saturated carbocycles. The maximum atomic E-state index is 5.60. The fourth-order valence-corrected chi connectivity index (χ4v) is 3.50. The third-order valence-corrected chi connectivity index (χ3v) is 4.31. The first-order valence-corrected chi connectivity index (χ1v) is 7.24. The molecule has 1 atom stereocenters. The number of rotatable bonds is 3. The monoisotopic (exact) mass is 261 g/mol. The van der Waals surface area contributed by atoms with Crippen LogP contribution < -0.4 is 0 Å². The summed E-state index contributed by atoms with van der Waals surface area (Å²) in [5.74, 6) is 0. The van der Waals surface area contributed by atoms with Gasteiger partial charge >= 0.3 is 0 Å². The Morgan fingerprint density at radius 3 is 2.32 bits per heavy atom. The zero-order valence-corrected chi connectivity index (χ0v) is 11.7. The molecule has 3 nitrogen and oxygen atoms in total. The number of ether oxygens (including phenoxy) is 2. The fraction of sp³-hybridized carbons (Fsp3) is 0.625. The van der Waals surface area contributed by atoms with Crippen LogP contribution in [0.4, 0.5) is 0 Å². The van der Waals surface area contributed by atoms with Gasteiger partial charge in [-0.25, -0.2) is 0 Å². The van der Waals surface area contributed by atoms with Crippen molar-refractivity contribution in [1.82, 2.24) is 4.90 Å². The lowest BCUT2D eigenvalue weighted by atomic mass is 9.78. The van der Waals surface area contributed by atoms with Crippen molar-refractivity contribution in [3.63, 3.8) is 0 Å². The molecular weight excluding hydrogens is 238 g/mol. The first-order chi connectivity index (χ1) is 9.30. The van der Waals surface area contributed by atoms with Crippen LogP contribution in [0.2, 0.25) is 0 Å². The number of likely N-dealkylation sites (tertiary alicyclic amines) is 1. The summed E-state index contributed by atoms with van der Waals surface area (Å²) >= 11 is 0. The van der Waals surface area contributed by atoms with Gasteiger partial charge in [0.25, 0.3) is 0 Å². The molecule has 0 bridgehead atoms. The second kappa shape index (κ2) is 5.61. The van der Waals surface area contributed by atoms with Crippen LogP contribution >= 0.6 is 0 Å². The van der Waals surface area contributed by atoms with Crippen LogP contribution in [0.5, 0.6) is 0 Å². The van der Waals surface area contributed by atoms with Crippen molar-refractivity contribution in [3.05, 3.63) is 35.9 Å². The lowest BCUT2D eigenvalue weighted by molar-refractivity contribution is -0.179. The maximum absolute atomic E-state index is 5.60. The summed E-state index contributed by atoms with van der Waals surface area (Å²) in [6, 6.07) is 11.2. The van der Waals surface area contributed by atoms with E-state index in [0.717, 1.165) is 13.2 Å². The van der Waals surface area contributed by atoms with Gasteiger partial charge in [0, 0.05) is 11.5 Å². The Kier molecular flexibility index (Phi) is 3.87. The quantitative estimate of drug-likeness (QED) is 0.835. The molecule has 2 aliphatic rings. The average molecular weight is 261 g/mol. The van der Waals surface area contributed by atoms with E-state index in [1.54, 1.807) is 0 Å². The summed E-state index contributed by atoms with van der Waals surface area (Å²) in [6.07, 6.45) is 2.61. The molecule has 2 aliphatic heterocycles. The number of hydrogen-bond acceptors (Lipinski definition) is 3. The summed E-state index contributed by atoms with van der Waals surface area (Å²) in [4.78, 5) is 2.60. The Bertz CT molecular complexity index is 394. The van der Waals surface area contributed by atoms with Crippen LogP contribution in [0.3, 0.4) is 0 Å². The zero-order chi connectivity index (χ0) is 13.1. The molecule has 2 saturated heterocycles. The zero-order valence-electron chi connectivity index (χ0n) is 11.7. The summed E-state index contributed by atoms with van der Waals surface area (Å²) in [7, 11) is 0. The lowest BCUT2D eigenvalue weighted by Gasteiger charge is -2.44. The number of hydrogen-bond donors (Lipinski definition) is 0. The van der Waals surface area contributed by atoms with Crippen molar-refractivity contribution < 1.29 is 9.47 Å². The molecule has 1 aromatic carbocycles. The standard InChI is InChI=1S/C16H23NO2/c1-16(11-18-13-19-12-16)15(17-9-5-6-10-17)14-7-3-2-4-8-14/h2-4,7-8,15H,5-6,9-13H2,1H3. The molecule has 1 aromatic rings. The van der Waals surface area contributed by atoms with Gasteiger partial charge in [-0.1, -0.05) is 37.3 Å². The fourth-order valence-electron chi connectivity index (χ4n) is 3.50. The van der Waals surface area contributed by atoms with Gasteiger partial charge in [-0.15, -0.1) is 0 Å². The minimum Gasteiger partial charge on any atom is -0.355 e. The summed E-state index contributed by atoms with van der Waals surface area (Å²) < 4.78 is 11.2. The van der Waals surface area contributed by atoms with Crippen LogP contribution in [0.15, 0.2) is 30.3 Å². The molecule has 0 aliphatic carbocycles. The van der Waals surface area contributed by atoms with Gasteiger partial charge in [0.05, 0.1) is 13.2 Å². The van der Waals surface area contributed by atoms with Crippen molar-refractivity contribution >= 4 is 0 Å². The highest BCUT2D eigenvalue weighted by atomic mass is 16.7. The van der Waals surface area contributed by atoms with Gasteiger partial charge in [0.2, 0.25) is 0 Å². The van der Waals surface area contributed by atoms with Crippen molar-refractivity contribution in [2.75, 3.05) is 33.1 Å². The smallest absolute Gasteiger partial charge is 0.146 e. The van der Waals surface area contributed by atoms with Gasteiger partial charge < -0.3 is 9.47 Å². The molecule has 0 radical (unpaired) electrons. The molecule has 3 rings (SSSR count). The predicted molar refractivity (Wildman–Crippen MR) is 74.9 cm³/mol. The Hall–Kier alpha value is -0.900. The molecule has 3 heteroatoms. The van der Waals surface area contributed by atoms with E-state index >= 15 is 0 Å². The van der Waals surface area contributed by atoms with Gasteiger partial charge in [-0.2, -0.15) is 0 Å². The van der Waals surface area contributed by atoms with E-state index in [9.17, 15) is 0 Å². The molecule has 0 aromatic heterocycles. The van der Waals surface area contributed by atoms with Crippen LogP contribution in [0.25, 0.3) is 0 Å². The van der Waals surface area contributed by atoms with E-state index in [1.807, 2.05) is 0 Å². The second-order valence-electron chi connectivity index (χ2n) is 6.03. The van der Waals surface area contributed by atoms with E-state index < -0.39 is 0 Å². The Balaban J connectivity index is 1.91. The Morgan fingerprint density at radius 2 is 1.68 bits per heavy atom. The number of benzene rings is 1. The van der Waals surface area contributed by atoms with E-state index in [4.69, 9.17) is 9.47 Å². The second-order valence-corrected chi connectivity index (χ2v) is 6.03. The molecule has 1 unspecified atom stereocenters. The minimum atomic E-state index is 0.0456. The van der Waals surface area contributed by atoms with E-state index in [2.05, 4.69) is 42.2 Å². The highest BCUT2D eigenvalue weighted by molar-refractivity contribution is 5.22. The normalized spacial score (nSPS) is 25.3. The minimum absolute atomic E-state index is 0.0456. The molecule has 0 N–H and O–H groups in total. The molecule has 2 fully saturated rings. The topological polar surface area (TPSA) is 21.7 Å². The lowest BCUT2D eigenvalue weighted by Crippen LogP contribution is -2.46. The third kappa shape index (κ3) is 2.69. The van der Waals surface area contributed by atoms with E-state index in [0.29, 0.717) is 12.8 Å². The molecule has 104 valence electrons. The van der Waals surface area contributed by atoms with Gasteiger partial charge in [-0.05, 0) is 31.5 Å². The Labute approximate surface area is 115 Å².